The standard InChI is InChI=1S/C14H17NO3S2/c1-10-3-6-14(7-12(10)9-16)20(17,18)15-8-13-5-4-11(2)19-13/h3-7,15-16H,8-9H2,1-2H3. The highest BCUT2D eigenvalue weighted by Gasteiger charge is 2.15. The summed E-state index contributed by atoms with van der Waals surface area (Å²) in [6, 6.07) is 8.64. The van der Waals surface area contributed by atoms with Crippen LogP contribution in [0.2, 0.25) is 0 Å². The quantitative estimate of drug-likeness (QED) is 0.890. The van der Waals surface area contributed by atoms with Crippen LogP contribution >= 0.6 is 11.3 Å². The lowest BCUT2D eigenvalue weighted by Crippen LogP contribution is -2.23. The SMILES string of the molecule is Cc1ccc(CNS(=O)(=O)c2ccc(C)c(CO)c2)s1. The summed E-state index contributed by atoms with van der Waals surface area (Å²) in [5, 5.41) is 9.21. The lowest BCUT2D eigenvalue weighted by atomic mass is 10.1. The van der Waals surface area contributed by atoms with E-state index in [2.05, 4.69) is 4.72 Å². The Kier molecular flexibility index (Phi) is 4.59. The lowest BCUT2D eigenvalue weighted by Gasteiger charge is -2.08. The highest BCUT2D eigenvalue weighted by Crippen LogP contribution is 2.18. The fraction of sp³-hybridized carbons (Fsp3) is 0.286. The molecule has 20 heavy (non-hydrogen) atoms. The van der Waals surface area contributed by atoms with Crippen LogP contribution in [0, 0.1) is 13.8 Å². The van der Waals surface area contributed by atoms with Crippen molar-refractivity contribution in [2.45, 2.75) is 31.9 Å². The number of benzene rings is 1. The number of thiophene rings is 1. The first kappa shape index (κ1) is 15.2. The van der Waals surface area contributed by atoms with E-state index in [0.717, 1.165) is 15.3 Å². The molecule has 1 heterocycles. The van der Waals surface area contributed by atoms with Crippen molar-refractivity contribution in [1.82, 2.24) is 4.72 Å². The minimum atomic E-state index is -3.55. The van der Waals surface area contributed by atoms with Gasteiger partial charge in [-0.25, -0.2) is 13.1 Å². The third-order valence-electron chi connectivity index (χ3n) is 3.03. The molecule has 2 aromatic rings. The van der Waals surface area contributed by atoms with Gasteiger partial charge in [-0.2, -0.15) is 0 Å². The van der Waals surface area contributed by atoms with Gasteiger partial charge in [0.15, 0.2) is 0 Å². The molecular weight excluding hydrogens is 294 g/mol. The Hall–Kier alpha value is -1.21. The normalized spacial score (nSPS) is 11.8. The third-order valence-corrected chi connectivity index (χ3v) is 5.43. The molecule has 4 nitrogen and oxygen atoms in total. The number of hydrogen-bond acceptors (Lipinski definition) is 4. The number of hydrogen-bond donors (Lipinski definition) is 2. The van der Waals surface area contributed by atoms with Crippen LogP contribution in [0.3, 0.4) is 0 Å². The van der Waals surface area contributed by atoms with Gasteiger partial charge in [-0.3, -0.25) is 0 Å². The molecule has 2 rings (SSSR count). The van der Waals surface area contributed by atoms with Gasteiger partial charge >= 0.3 is 0 Å². The molecule has 1 aromatic heterocycles. The van der Waals surface area contributed by atoms with E-state index in [1.807, 2.05) is 26.0 Å². The van der Waals surface area contributed by atoms with E-state index in [-0.39, 0.29) is 18.0 Å². The smallest absolute Gasteiger partial charge is 0.240 e. The molecule has 6 heteroatoms. The van der Waals surface area contributed by atoms with Gasteiger partial charge in [0, 0.05) is 16.3 Å². The van der Waals surface area contributed by atoms with Gasteiger partial charge < -0.3 is 5.11 Å². The maximum atomic E-state index is 12.2. The monoisotopic (exact) mass is 311 g/mol. The van der Waals surface area contributed by atoms with Gasteiger partial charge in [0.05, 0.1) is 11.5 Å². The van der Waals surface area contributed by atoms with Crippen molar-refractivity contribution in [3.8, 4) is 0 Å². The maximum Gasteiger partial charge on any atom is 0.240 e. The fourth-order valence-corrected chi connectivity index (χ4v) is 3.79. The van der Waals surface area contributed by atoms with E-state index in [4.69, 9.17) is 0 Å². The number of rotatable bonds is 5. The summed E-state index contributed by atoms with van der Waals surface area (Å²) < 4.78 is 27.0. The second-order valence-corrected chi connectivity index (χ2v) is 7.72. The molecule has 0 aliphatic rings. The van der Waals surface area contributed by atoms with Crippen molar-refractivity contribution in [1.29, 1.82) is 0 Å². The fourth-order valence-electron chi connectivity index (χ4n) is 1.81. The molecule has 0 aliphatic heterocycles. The Morgan fingerprint density at radius 3 is 2.55 bits per heavy atom. The first-order valence-electron chi connectivity index (χ1n) is 6.18. The Labute approximate surface area is 123 Å². The van der Waals surface area contributed by atoms with E-state index < -0.39 is 10.0 Å². The van der Waals surface area contributed by atoms with Crippen molar-refractivity contribution >= 4 is 21.4 Å². The first-order valence-corrected chi connectivity index (χ1v) is 8.48. The zero-order valence-corrected chi connectivity index (χ0v) is 13.0. The van der Waals surface area contributed by atoms with Crippen LogP contribution in [0.4, 0.5) is 0 Å². The molecule has 0 radical (unpaired) electrons. The zero-order chi connectivity index (χ0) is 14.8. The molecular formula is C14H17NO3S2. The van der Waals surface area contributed by atoms with Crippen LogP contribution in [0.25, 0.3) is 0 Å². The maximum absolute atomic E-state index is 12.2. The minimum absolute atomic E-state index is 0.167. The summed E-state index contributed by atoms with van der Waals surface area (Å²) in [4.78, 5) is 2.30. The van der Waals surface area contributed by atoms with Gasteiger partial charge in [0.25, 0.3) is 0 Å². The van der Waals surface area contributed by atoms with Gasteiger partial charge in [0.1, 0.15) is 0 Å². The number of nitrogens with one attached hydrogen (secondary N) is 1. The highest BCUT2D eigenvalue weighted by atomic mass is 32.2. The van der Waals surface area contributed by atoms with Crippen LogP contribution < -0.4 is 4.72 Å². The molecule has 1 aromatic carbocycles. The Bertz CT molecular complexity index is 705. The molecule has 108 valence electrons. The predicted octanol–water partition coefficient (Wildman–Crippen LogP) is 2.34. The summed E-state index contributed by atoms with van der Waals surface area (Å²) in [6.07, 6.45) is 0. The second kappa shape index (κ2) is 6.05. The average molecular weight is 311 g/mol. The predicted molar refractivity (Wildman–Crippen MR) is 80.2 cm³/mol. The summed E-state index contributed by atoms with van der Waals surface area (Å²) in [5.74, 6) is 0. The van der Waals surface area contributed by atoms with Gasteiger partial charge in [-0.05, 0) is 49.2 Å². The van der Waals surface area contributed by atoms with Crippen LogP contribution in [0.15, 0.2) is 35.2 Å². The number of aliphatic hydroxyl groups is 1. The lowest BCUT2D eigenvalue weighted by molar-refractivity contribution is 0.280. The molecule has 0 spiro atoms. The molecule has 0 bridgehead atoms. The van der Waals surface area contributed by atoms with Crippen molar-refractivity contribution in [2.24, 2.45) is 0 Å². The Morgan fingerprint density at radius 2 is 1.95 bits per heavy atom. The molecule has 0 unspecified atom stereocenters. The van der Waals surface area contributed by atoms with Crippen molar-refractivity contribution in [3.05, 3.63) is 51.2 Å². The summed E-state index contributed by atoms with van der Waals surface area (Å²) in [5.41, 5.74) is 1.50. The third kappa shape index (κ3) is 3.46. The molecule has 0 saturated heterocycles. The summed E-state index contributed by atoms with van der Waals surface area (Å²) in [7, 11) is -3.55. The van der Waals surface area contributed by atoms with Crippen LogP contribution in [0.1, 0.15) is 20.9 Å². The van der Waals surface area contributed by atoms with E-state index >= 15 is 0 Å². The van der Waals surface area contributed by atoms with Crippen molar-refractivity contribution in [3.63, 3.8) is 0 Å². The van der Waals surface area contributed by atoms with Gasteiger partial charge in [-0.15, -0.1) is 11.3 Å². The average Bonchev–Trinajstić information content (AvgIpc) is 2.83. The van der Waals surface area contributed by atoms with E-state index in [0.29, 0.717) is 5.56 Å². The van der Waals surface area contributed by atoms with Crippen LogP contribution in [0.5, 0.6) is 0 Å². The summed E-state index contributed by atoms with van der Waals surface area (Å²) >= 11 is 1.57. The minimum Gasteiger partial charge on any atom is -0.392 e. The van der Waals surface area contributed by atoms with E-state index in [1.165, 1.54) is 6.07 Å². The number of sulfonamides is 1. The van der Waals surface area contributed by atoms with Crippen LogP contribution in [-0.2, 0) is 23.2 Å². The van der Waals surface area contributed by atoms with Crippen molar-refractivity contribution < 1.29 is 13.5 Å². The topological polar surface area (TPSA) is 66.4 Å². The van der Waals surface area contributed by atoms with Crippen molar-refractivity contribution in [2.75, 3.05) is 0 Å². The molecule has 0 saturated carbocycles. The molecule has 0 aliphatic carbocycles. The molecule has 0 amide bonds. The highest BCUT2D eigenvalue weighted by molar-refractivity contribution is 7.89. The molecule has 0 fully saturated rings. The zero-order valence-electron chi connectivity index (χ0n) is 11.4. The number of aryl methyl sites for hydroxylation is 2. The van der Waals surface area contributed by atoms with E-state index in [1.54, 1.807) is 23.5 Å². The number of aliphatic hydroxyl groups excluding tert-OH is 1. The van der Waals surface area contributed by atoms with E-state index in [9.17, 15) is 13.5 Å². The van der Waals surface area contributed by atoms with Gasteiger partial charge in [0.2, 0.25) is 10.0 Å². The summed E-state index contributed by atoms with van der Waals surface area (Å²) in [6.45, 7) is 3.93. The Balaban J connectivity index is 2.17. The second-order valence-electron chi connectivity index (χ2n) is 4.58. The Morgan fingerprint density at radius 1 is 1.20 bits per heavy atom. The molecule has 2 N–H and O–H groups in total. The molecule has 0 atom stereocenters. The first-order chi connectivity index (χ1) is 9.42. The van der Waals surface area contributed by atoms with Gasteiger partial charge in [-0.1, -0.05) is 6.07 Å². The van der Waals surface area contributed by atoms with Crippen LogP contribution in [-0.4, -0.2) is 13.5 Å². The largest absolute Gasteiger partial charge is 0.392 e.